The number of rotatable bonds is 7. The first-order valence-electron chi connectivity index (χ1n) is 8.63. The van der Waals surface area contributed by atoms with E-state index in [1.165, 1.54) is 13.1 Å². The monoisotopic (exact) mass is 443 g/mol. The molecule has 0 radical (unpaired) electrons. The molecule has 0 amide bonds. The van der Waals surface area contributed by atoms with Gasteiger partial charge >= 0.3 is 13.5 Å². The molecule has 1 aromatic carbocycles. The van der Waals surface area contributed by atoms with Gasteiger partial charge in [-0.3, -0.25) is 33.9 Å². The Morgan fingerprint density at radius 1 is 1.37 bits per heavy atom. The zero-order valence-electron chi connectivity index (χ0n) is 15.5. The van der Waals surface area contributed by atoms with Crippen LogP contribution in [-0.4, -0.2) is 43.3 Å². The van der Waals surface area contributed by atoms with E-state index in [9.17, 15) is 34.3 Å². The van der Waals surface area contributed by atoms with Crippen LogP contribution in [0.2, 0.25) is 0 Å². The molecule has 30 heavy (non-hydrogen) atoms. The van der Waals surface area contributed by atoms with E-state index in [0.717, 1.165) is 28.8 Å². The molecule has 3 N–H and O–H groups in total. The van der Waals surface area contributed by atoms with Gasteiger partial charge < -0.3 is 14.4 Å². The van der Waals surface area contributed by atoms with Gasteiger partial charge in [0.05, 0.1) is 11.5 Å². The van der Waals surface area contributed by atoms with Crippen molar-refractivity contribution < 1.29 is 33.3 Å². The fourth-order valence-electron chi connectivity index (χ4n) is 2.90. The van der Waals surface area contributed by atoms with Gasteiger partial charge in [-0.05, 0) is 19.1 Å². The number of hydrogen-bond donors (Lipinski definition) is 3. The minimum atomic E-state index is -4.71. The second-order valence-corrected chi connectivity index (χ2v) is 7.81. The van der Waals surface area contributed by atoms with Crippen molar-refractivity contribution in [2.45, 2.75) is 31.8 Å². The molecule has 14 heteroatoms. The summed E-state index contributed by atoms with van der Waals surface area (Å²) >= 11 is 0. The highest BCUT2D eigenvalue weighted by Gasteiger charge is 2.42. The van der Waals surface area contributed by atoms with Gasteiger partial charge in [0.1, 0.15) is 24.2 Å². The predicted octanol–water partition coefficient (Wildman–Crippen LogP) is 0.598. The van der Waals surface area contributed by atoms with Gasteiger partial charge in [-0.25, -0.2) is 9.36 Å². The van der Waals surface area contributed by atoms with E-state index in [1.807, 2.05) is 0 Å². The fourth-order valence-corrected chi connectivity index (χ4v) is 3.90. The van der Waals surface area contributed by atoms with Gasteiger partial charge in [0, 0.05) is 30.3 Å². The normalized spacial score (nSPS) is 23.1. The molecule has 1 aliphatic rings. The van der Waals surface area contributed by atoms with E-state index in [1.54, 1.807) is 0 Å². The number of aromatic nitrogens is 2. The third-order valence-electron chi connectivity index (χ3n) is 4.35. The summed E-state index contributed by atoms with van der Waals surface area (Å²) in [5, 5.41) is 20.2. The van der Waals surface area contributed by atoms with Gasteiger partial charge in [0.25, 0.3) is 11.2 Å². The maximum atomic E-state index is 12.4. The molecule has 0 bridgehead atoms. The van der Waals surface area contributed by atoms with Gasteiger partial charge in [0.15, 0.2) is 0 Å². The fraction of sp³-hybridized carbons (Fsp3) is 0.375. The van der Waals surface area contributed by atoms with Crippen LogP contribution in [0.25, 0.3) is 0 Å². The molecule has 2 aromatic rings. The molecule has 1 aromatic heterocycles. The lowest BCUT2D eigenvalue weighted by molar-refractivity contribution is -0.384. The van der Waals surface area contributed by atoms with Crippen LogP contribution in [0.3, 0.4) is 0 Å². The van der Waals surface area contributed by atoms with E-state index < -0.39 is 49.0 Å². The highest BCUT2D eigenvalue weighted by molar-refractivity contribution is 7.47. The quantitative estimate of drug-likeness (QED) is 0.311. The summed E-state index contributed by atoms with van der Waals surface area (Å²) < 4.78 is 29.0. The number of aryl methyl sites for hydroxylation is 1. The summed E-state index contributed by atoms with van der Waals surface area (Å²) in [4.78, 5) is 45.7. The zero-order chi connectivity index (χ0) is 22.1. The number of aromatic amines is 1. The molecule has 0 saturated carbocycles. The highest BCUT2D eigenvalue weighted by atomic mass is 31.2. The number of ether oxygens (including phenoxy) is 1. The number of aliphatic hydroxyl groups is 1. The van der Waals surface area contributed by atoms with E-state index in [-0.39, 0.29) is 23.4 Å². The van der Waals surface area contributed by atoms with Crippen LogP contribution in [-0.2, 0) is 13.8 Å². The maximum Gasteiger partial charge on any atom is 0.527 e. The average Bonchev–Trinajstić information content (AvgIpc) is 3.06. The van der Waals surface area contributed by atoms with E-state index in [2.05, 4.69) is 4.98 Å². The van der Waals surface area contributed by atoms with Crippen molar-refractivity contribution in [3.05, 3.63) is 67.0 Å². The smallest absolute Gasteiger partial charge is 0.404 e. The molecule has 2 heterocycles. The van der Waals surface area contributed by atoms with Crippen molar-refractivity contribution >= 4 is 13.5 Å². The Morgan fingerprint density at radius 3 is 2.63 bits per heavy atom. The number of nitro benzene ring substituents is 1. The summed E-state index contributed by atoms with van der Waals surface area (Å²) in [7, 11) is -4.71. The number of phosphoric acid groups is 1. The summed E-state index contributed by atoms with van der Waals surface area (Å²) in [6.07, 6.45) is -1.95. The third kappa shape index (κ3) is 4.83. The van der Waals surface area contributed by atoms with Crippen LogP contribution in [0.5, 0.6) is 5.75 Å². The molecule has 2 unspecified atom stereocenters. The van der Waals surface area contributed by atoms with Gasteiger partial charge in [0.2, 0.25) is 0 Å². The number of nitrogens with one attached hydrogen (secondary N) is 1. The van der Waals surface area contributed by atoms with Crippen molar-refractivity contribution in [3.8, 4) is 5.75 Å². The first-order valence-corrected chi connectivity index (χ1v) is 10.1. The first-order chi connectivity index (χ1) is 14.1. The molecular weight excluding hydrogens is 425 g/mol. The van der Waals surface area contributed by atoms with Crippen LogP contribution < -0.4 is 15.8 Å². The van der Waals surface area contributed by atoms with Crippen LogP contribution in [0.15, 0.2) is 40.1 Å². The first kappa shape index (κ1) is 21.9. The number of phosphoric ester groups is 1. The largest absolute Gasteiger partial charge is 0.527 e. The summed E-state index contributed by atoms with van der Waals surface area (Å²) in [6, 6.07) is 4.44. The van der Waals surface area contributed by atoms with E-state index in [4.69, 9.17) is 13.8 Å². The van der Waals surface area contributed by atoms with Crippen LogP contribution >= 0.6 is 7.82 Å². The van der Waals surface area contributed by atoms with Crippen LogP contribution in [0.4, 0.5) is 5.69 Å². The molecule has 0 spiro atoms. The lowest BCUT2D eigenvalue weighted by atomic mass is 10.2. The molecule has 1 saturated heterocycles. The minimum absolute atomic E-state index is 0.0925. The zero-order valence-corrected chi connectivity index (χ0v) is 16.4. The summed E-state index contributed by atoms with van der Waals surface area (Å²) in [6.45, 7) is 0.914. The number of benzene rings is 1. The second kappa shape index (κ2) is 8.50. The number of nitrogens with zero attached hydrogens (tertiary/aromatic N) is 2. The SMILES string of the molecule is Cc1cn([C@H]2CC(OP(=O)(O)Oc3ccc([N+](=O)[O-])cc3)[C@@H](CO)O2)c(=O)[nH]c1=O. The summed E-state index contributed by atoms with van der Waals surface area (Å²) in [5.41, 5.74) is -1.29. The third-order valence-corrected chi connectivity index (χ3v) is 5.33. The van der Waals surface area contributed by atoms with Crippen molar-refractivity contribution in [3.63, 3.8) is 0 Å². The van der Waals surface area contributed by atoms with Crippen LogP contribution in [0.1, 0.15) is 18.2 Å². The van der Waals surface area contributed by atoms with Crippen molar-refractivity contribution in [2.24, 2.45) is 0 Å². The maximum absolute atomic E-state index is 12.4. The van der Waals surface area contributed by atoms with Gasteiger partial charge in [-0.2, -0.15) is 0 Å². The number of H-pyrrole nitrogens is 1. The second-order valence-electron chi connectivity index (χ2n) is 6.48. The van der Waals surface area contributed by atoms with E-state index in [0.29, 0.717) is 0 Å². The Bertz CT molecular complexity index is 1100. The molecule has 0 aliphatic carbocycles. The highest BCUT2D eigenvalue weighted by Crippen LogP contribution is 2.48. The molecule has 1 fully saturated rings. The van der Waals surface area contributed by atoms with Crippen molar-refractivity contribution in [1.29, 1.82) is 0 Å². The number of hydrogen-bond acceptors (Lipinski definition) is 9. The van der Waals surface area contributed by atoms with Crippen molar-refractivity contribution in [2.75, 3.05) is 6.61 Å². The molecule has 4 atom stereocenters. The Balaban J connectivity index is 1.74. The molecular formula is C16H18N3O10P. The van der Waals surface area contributed by atoms with Crippen LogP contribution in [0, 0.1) is 17.0 Å². The molecule has 1 aliphatic heterocycles. The number of non-ortho nitro benzene ring substituents is 1. The Morgan fingerprint density at radius 2 is 2.03 bits per heavy atom. The Kier molecular flexibility index (Phi) is 6.19. The number of aliphatic hydroxyl groups excluding tert-OH is 1. The van der Waals surface area contributed by atoms with E-state index >= 15 is 0 Å². The standard InChI is InChI=1S/C16H18N3O10P/c1-9-7-18(16(22)17-15(9)21)14-6-12(13(8-20)27-14)29-30(25,26)28-11-4-2-10(3-5-11)19(23)24/h2-5,7,12-14,20H,6,8H2,1H3,(H,25,26)(H,17,21,22)/t12?,13-,14-/m1/s1. The molecule has 13 nitrogen and oxygen atoms in total. The Labute approximate surface area is 168 Å². The van der Waals surface area contributed by atoms with Crippen molar-refractivity contribution in [1.82, 2.24) is 9.55 Å². The molecule has 3 rings (SSSR count). The topological polar surface area (TPSA) is 183 Å². The van der Waals surface area contributed by atoms with Gasteiger partial charge in [-0.1, -0.05) is 0 Å². The lowest BCUT2D eigenvalue weighted by Gasteiger charge is -2.20. The lowest BCUT2D eigenvalue weighted by Crippen LogP contribution is -2.33. The van der Waals surface area contributed by atoms with Gasteiger partial charge in [-0.15, -0.1) is 0 Å². The Hall–Kier alpha value is -2.83. The average molecular weight is 443 g/mol. The minimum Gasteiger partial charge on any atom is -0.404 e. The predicted molar refractivity (Wildman–Crippen MR) is 100 cm³/mol. The number of nitro groups is 1. The summed E-state index contributed by atoms with van der Waals surface area (Å²) in [5.74, 6) is -0.144. The molecule has 162 valence electrons.